The lowest BCUT2D eigenvalue weighted by atomic mass is 10.1. The van der Waals surface area contributed by atoms with Gasteiger partial charge in [-0.15, -0.1) is 0 Å². The molecule has 0 amide bonds. The second-order valence-electron chi connectivity index (χ2n) is 5.11. The van der Waals surface area contributed by atoms with Crippen LogP contribution in [0.15, 0.2) is 24.3 Å². The van der Waals surface area contributed by atoms with Crippen LogP contribution in [0.1, 0.15) is 18.9 Å². The lowest BCUT2D eigenvalue weighted by molar-refractivity contribution is 0.383. The quantitative estimate of drug-likeness (QED) is 0.860. The molecular weight excluding hydrogens is 215 g/mol. The Balaban J connectivity index is 1.85. The summed E-state index contributed by atoms with van der Waals surface area (Å²) in [7, 11) is 2.14. The summed E-state index contributed by atoms with van der Waals surface area (Å²) >= 11 is 0. The van der Waals surface area contributed by atoms with Crippen LogP contribution in [0.25, 0.3) is 0 Å². The van der Waals surface area contributed by atoms with Gasteiger partial charge in [0.2, 0.25) is 0 Å². The van der Waals surface area contributed by atoms with E-state index in [1.54, 1.807) is 6.07 Å². The molecule has 0 spiro atoms. The largest absolute Gasteiger partial charge is 0.310 e. The molecule has 1 N–H and O–H groups in total. The fourth-order valence-corrected chi connectivity index (χ4v) is 2.53. The molecule has 17 heavy (non-hydrogen) atoms. The third-order valence-electron chi connectivity index (χ3n) is 3.40. The Bertz CT molecular complexity index is 367. The van der Waals surface area contributed by atoms with E-state index in [1.165, 1.54) is 12.5 Å². The normalized spacial score (nSPS) is 22.9. The molecule has 0 bridgehead atoms. The van der Waals surface area contributed by atoms with Gasteiger partial charge in [-0.2, -0.15) is 0 Å². The van der Waals surface area contributed by atoms with Gasteiger partial charge in [-0.1, -0.05) is 18.2 Å². The average Bonchev–Trinajstić information content (AvgIpc) is 2.67. The van der Waals surface area contributed by atoms with E-state index >= 15 is 0 Å². The van der Waals surface area contributed by atoms with E-state index in [9.17, 15) is 4.39 Å². The number of nitrogens with zero attached hydrogens (tertiary/aromatic N) is 1. The Hall–Kier alpha value is -0.930. The van der Waals surface area contributed by atoms with Crippen molar-refractivity contribution < 1.29 is 4.39 Å². The Morgan fingerprint density at radius 3 is 2.88 bits per heavy atom. The van der Waals surface area contributed by atoms with Crippen molar-refractivity contribution in [1.29, 1.82) is 0 Å². The maximum absolute atomic E-state index is 13.5. The summed E-state index contributed by atoms with van der Waals surface area (Å²) in [4.78, 5) is 2.33. The molecule has 94 valence electrons. The second-order valence-corrected chi connectivity index (χ2v) is 5.11. The molecule has 0 saturated carbocycles. The van der Waals surface area contributed by atoms with Gasteiger partial charge in [0.1, 0.15) is 5.82 Å². The van der Waals surface area contributed by atoms with Crippen molar-refractivity contribution in [3.05, 3.63) is 35.6 Å². The van der Waals surface area contributed by atoms with Crippen molar-refractivity contribution in [2.75, 3.05) is 20.1 Å². The maximum Gasteiger partial charge on any atom is 0.126 e. The van der Waals surface area contributed by atoms with Crippen molar-refractivity contribution in [2.24, 2.45) is 0 Å². The first kappa shape index (κ1) is 12.5. The van der Waals surface area contributed by atoms with Crippen LogP contribution in [0.2, 0.25) is 0 Å². The van der Waals surface area contributed by atoms with Gasteiger partial charge in [0, 0.05) is 18.6 Å². The monoisotopic (exact) mass is 236 g/mol. The first-order valence-corrected chi connectivity index (χ1v) is 6.33. The van der Waals surface area contributed by atoms with Gasteiger partial charge in [-0.3, -0.25) is 0 Å². The zero-order valence-corrected chi connectivity index (χ0v) is 10.6. The fraction of sp³-hybridized carbons (Fsp3) is 0.571. The highest BCUT2D eigenvalue weighted by atomic mass is 19.1. The molecule has 1 saturated heterocycles. The minimum absolute atomic E-state index is 0.0929. The number of halogens is 1. The van der Waals surface area contributed by atoms with Crippen LogP contribution in [-0.4, -0.2) is 37.1 Å². The molecule has 2 atom stereocenters. The van der Waals surface area contributed by atoms with Gasteiger partial charge in [0.15, 0.2) is 0 Å². The summed E-state index contributed by atoms with van der Waals surface area (Å²) in [6, 6.07) is 7.92. The smallest absolute Gasteiger partial charge is 0.126 e. The Morgan fingerprint density at radius 1 is 1.47 bits per heavy atom. The first-order chi connectivity index (χ1) is 8.15. The van der Waals surface area contributed by atoms with Crippen LogP contribution in [0.4, 0.5) is 4.39 Å². The molecule has 2 unspecified atom stereocenters. The standard InChI is InChI=1S/C14H21FN2/c1-11(16-13-7-8-17(2)10-13)9-12-5-3-4-6-14(12)15/h3-6,11,13,16H,7-10H2,1-2H3. The summed E-state index contributed by atoms with van der Waals surface area (Å²) in [6.07, 6.45) is 1.95. The van der Waals surface area contributed by atoms with Crippen LogP contribution in [-0.2, 0) is 6.42 Å². The van der Waals surface area contributed by atoms with E-state index in [0.717, 1.165) is 25.1 Å². The van der Waals surface area contributed by atoms with E-state index in [2.05, 4.69) is 24.2 Å². The molecule has 2 rings (SSSR count). The highest BCUT2D eigenvalue weighted by molar-refractivity contribution is 5.18. The van der Waals surface area contributed by atoms with E-state index in [-0.39, 0.29) is 5.82 Å². The van der Waals surface area contributed by atoms with Crippen LogP contribution >= 0.6 is 0 Å². The predicted molar refractivity (Wildman–Crippen MR) is 68.6 cm³/mol. The van der Waals surface area contributed by atoms with Gasteiger partial charge in [-0.05, 0) is 45.0 Å². The Kier molecular flexibility index (Phi) is 4.13. The molecule has 0 radical (unpaired) electrons. The molecule has 1 aromatic carbocycles. The van der Waals surface area contributed by atoms with Gasteiger partial charge < -0.3 is 10.2 Å². The van der Waals surface area contributed by atoms with Crippen LogP contribution in [0.3, 0.4) is 0 Å². The summed E-state index contributed by atoms with van der Waals surface area (Å²) in [5.74, 6) is -0.0929. The number of likely N-dealkylation sites (N-methyl/N-ethyl adjacent to an activating group) is 1. The molecule has 1 aliphatic heterocycles. The highest BCUT2D eigenvalue weighted by Crippen LogP contribution is 2.11. The van der Waals surface area contributed by atoms with Crippen LogP contribution in [0, 0.1) is 5.82 Å². The Morgan fingerprint density at radius 2 is 2.24 bits per heavy atom. The minimum atomic E-state index is -0.0929. The van der Waals surface area contributed by atoms with Crippen molar-refractivity contribution in [3.63, 3.8) is 0 Å². The molecular formula is C14H21FN2. The minimum Gasteiger partial charge on any atom is -0.310 e. The molecule has 2 nitrogen and oxygen atoms in total. The van der Waals surface area contributed by atoms with Crippen molar-refractivity contribution in [2.45, 2.75) is 31.8 Å². The number of nitrogens with one attached hydrogen (secondary N) is 1. The molecule has 1 heterocycles. The van der Waals surface area contributed by atoms with Crippen LogP contribution in [0.5, 0.6) is 0 Å². The predicted octanol–water partition coefficient (Wildman–Crippen LogP) is 2.05. The molecule has 1 aromatic rings. The number of rotatable bonds is 4. The van der Waals surface area contributed by atoms with Crippen LogP contribution < -0.4 is 5.32 Å². The number of likely N-dealkylation sites (tertiary alicyclic amines) is 1. The maximum atomic E-state index is 13.5. The Labute approximate surface area is 103 Å². The molecule has 3 heteroatoms. The zero-order chi connectivity index (χ0) is 12.3. The van der Waals surface area contributed by atoms with Gasteiger partial charge in [0.25, 0.3) is 0 Å². The third-order valence-corrected chi connectivity index (χ3v) is 3.40. The second kappa shape index (κ2) is 5.61. The van der Waals surface area contributed by atoms with Crippen molar-refractivity contribution in [3.8, 4) is 0 Å². The fourth-order valence-electron chi connectivity index (χ4n) is 2.53. The van der Waals surface area contributed by atoms with E-state index in [1.807, 2.05) is 12.1 Å². The molecule has 0 aromatic heterocycles. The highest BCUT2D eigenvalue weighted by Gasteiger charge is 2.20. The third kappa shape index (κ3) is 3.51. The summed E-state index contributed by atoms with van der Waals surface area (Å²) in [5.41, 5.74) is 0.804. The van der Waals surface area contributed by atoms with Crippen molar-refractivity contribution in [1.82, 2.24) is 10.2 Å². The molecule has 1 aliphatic rings. The molecule has 1 fully saturated rings. The lowest BCUT2D eigenvalue weighted by Crippen LogP contribution is -2.39. The number of hydrogen-bond acceptors (Lipinski definition) is 2. The SMILES string of the molecule is CC(Cc1ccccc1F)NC1CCN(C)C1. The zero-order valence-electron chi connectivity index (χ0n) is 10.6. The summed E-state index contributed by atoms with van der Waals surface area (Å²) in [5, 5.41) is 3.58. The topological polar surface area (TPSA) is 15.3 Å². The van der Waals surface area contributed by atoms with Crippen molar-refractivity contribution >= 4 is 0 Å². The number of hydrogen-bond donors (Lipinski definition) is 1. The molecule has 0 aliphatic carbocycles. The first-order valence-electron chi connectivity index (χ1n) is 6.33. The van der Waals surface area contributed by atoms with Gasteiger partial charge in [0.05, 0.1) is 0 Å². The summed E-state index contributed by atoms with van der Waals surface area (Å²) in [6.45, 7) is 4.39. The summed E-state index contributed by atoms with van der Waals surface area (Å²) < 4.78 is 13.5. The van der Waals surface area contributed by atoms with Gasteiger partial charge >= 0.3 is 0 Å². The van der Waals surface area contributed by atoms with Gasteiger partial charge in [-0.25, -0.2) is 4.39 Å². The lowest BCUT2D eigenvalue weighted by Gasteiger charge is -2.19. The average molecular weight is 236 g/mol. The van der Waals surface area contributed by atoms with E-state index in [4.69, 9.17) is 0 Å². The van der Waals surface area contributed by atoms with E-state index in [0.29, 0.717) is 12.1 Å². The number of benzene rings is 1. The van der Waals surface area contributed by atoms with E-state index < -0.39 is 0 Å².